The summed E-state index contributed by atoms with van der Waals surface area (Å²) in [4.78, 5) is 0. The number of nitrogens with zero attached hydrogens (tertiary/aromatic N) is 3. The molecular weight excluding hydrogens is 254 g/mol. The summed E-state index contributed by atoms with van der Waals surface area (Å²) in [5.41, 5.74) is 3.72. The summed E-state index contributed by atoms with van der Waals surface area (Å²) in [7, 11) is 0. The second kappa shape index (κ2) is 6.05. The molecule has 1 aromatic heterocycles. The Bertz CT molecular complexity index is 591. The van der Waals surface area contributed by atoms with E-state index in [1.807, 2.05) is 32.9 Å². The number of aromatic nitrogens is 3. The fourth-order valence-corrected chi connectivity index (χ4v) is 2.06. The zero-order valence-corrected chi connectivity index (χ0v) is 12.4. The van der Waals surface area contributed by atoms with E-state index in [0.717, 1.165) is 17.0 Å². The predicted octanol–water partition coefficient (Wildman–Crippen LogP) is 2.55. The largest absolute Gasteiger partial charge is 0.487 e. The van der Waals surface area contributed by atoms with Gasteiger partial charge >= 0.3 is 0 Å². The number of aryl methyl sites for hydroxylation is 1. The lowest BCUT2D eigenvalue weighted by Crippen LogP contribution is -2.11. The van der Waals surface area contributed by atoms with Crippen molar-refractivity contribution in [2.24, 2.45) is 0 Å². The van der Waals surface area contributed by atoms with Gasteiger partial charge in [-0.2, -0.15) is 0 Å². The average Bonchev–Trinajstić information content (AvgIpc) is 2.83. The van der Waals surface area contributed by atoms with Crippen molar-refractivity contribution in [3.63, 3.8) is 0 Å². The molecule has 0 unspecified atom stereocenters. The Balaban J connectivity index is 2.22. The quantitative estimate of drug-likeness (QED) is 0.911. The van der Waals surface area contributed by atoms with E-state index in [9.17, 15) is 5.11 Å². The lowest BCUT2D eigenvalue weighted by Gasteiger charge is -2.14. The number of ether oxygens (including phenoxy) is 1. The van der Waals surface area contributed by atoms with E-state index in [0.29, 0.717) is 12.3 Å². The highest BCUT2D eigenvalue weighted by atomic mass is 16.5. The van der Waals surface area contributed by atoms with Crippen molar-refractivity contribution in [1.82, 2.24) is 15.0 Å². The molecule has 0 fully saturated rings. The highest BCUT2D eigenvalue weighted by molar-refractivity contribution is 5.38. The van der Waals surface area contributed by atoms with Crippen LogP contribution in [0.5, 0.6) is 5.75 Å². The Labute approximate surface area is 119 Å². The fraction of sp³-hybridized carbons (Fsp3) is 0.467. The molecule has 20 heavy (non-hydrogen) atoms. The molecule has 108 valence electrons. The molecule has 0 saturated carbocycles. The molecule has 1 aromatic carbocycles. The van der Waals surface area contributed by atoms with Gasteiger partial charge in [0.25, 0.3) is 0 Å². The Morgan fingerprint density at radius 2 is 2.05 bits per heavy atom. The van der Waals surface area contributed by atoms with Gasteiger partial charge in [0.05, 0.1) is 6.61 Å². The molecule has 2 aromatic rings. The number of aliphatic hydroxyl groups excluding tert-OH is 1. The van der Waals surface area contributed by atoms with E-state index in [4.69, 9.17) is 4.74 Å². The van der Waals surface area contributed by atoms with E-state index in [1.54, 1.807) is 4.68 Å². The Morgan fingerprint density at radius 1 is 1.30 bits per heavy atom. The van der Waals surface area contributed by atoms with Crippen LogP contribution in [0.25, 0.3) is 0 Å². The Morgan fingerprint density at radius 3 is 2.70 bits per heavy atom. The average molecular weight is 275 g/mol. The summed E-state index contributed by atoms with van der Waals surface area (Å²) in [5, 5.41) is 17.4. The lowest BCUT2D eigenvalue weighted by molar-refractivity contribution is 0.259. The van der Waals surface area contributed by atoms with Crippen LogP contribution in [0.15, 0.2) is 18.2 Å². The summed E-state index contributed by atoms with van der Waals surface area (Å²) in [5.74, 6) is 0.852. The van der Waals surface area contributed by atoms with Gasteiger partial charge < -0.3 is 9.84 Å². The molecule has 0 saturated heterocycles. The minimum absolute atomic E-state index is 0.127. The normalized spacial score (nSPS) is 11.1. The molecule has 0 atom stereocenters. The van der Waals surface area contributed by atoms with Crippen molar-refractivity contribution in [2.75, 3.05) is 0 Å². The zero-order valence-electron chi connectivity index (χ0n) is 12.4. The molecule has 0 bridgehead atoms. The van der Waals surface area contributed by atoms with Crippen molar-refractivity contribution in [2.45, 2.75) is 47.0 Å². The van der Waals surface area contributed by atoms with Gasteiger partial charge in [-0.15, -0.1) is 5.10 Å². The second-order valence-corrected chi connectivity index (χ2v) is 5.17. The number of hydrogen-bond donors (Lipinski definition) is 1. The van der Waals surface area contributed by atoms with Crippen molar-refractivity contribution in [3.8, 4) is 5.75 Å². The summed E-state index contributed by atoms with van der Waals surface area (Å²) in [6.45, 7) is 8.37. The van der Waals surface area contributed by atoms with Crippen LogP contribution in [-0.4, -0.2) is 20.1 Å². The molecule has 0 aliphatic carbocycles. The van der Waals surface area contributed by atoms with Gasteiger partial charge in [0.15, 0.2) is 0 Å². The number of benzene rings is 1. The van der Waals surface area contributed by atoms with Crippen LogP contribution in [0.4, 0.5) is 0 Å². The third-order valence-corrected chi connectivity index (χ3v) is 3.43. The SMILES string of the molecule is Cc1cccc(OCc2c(CO)nnn2C(C)C)c1C. The first-order valence-corrected chi connectivity index (χ1v) is 6.77. The summed E-state index contributed by atoms with van der Waals surface area (Å²) in [6.07, 6.45) is 0. The standard InChI is InChI=1S/C15H21N3O2/c1-10(2)18-14(13(8-19)16-17-18)9-20-15-7-5-6-11(3)12(15)4/h5-7,10,19H,8-9H2,1-4H3. The van der Waals surface area contributed by atoms with Crippen LogP contribution in [0.2, 0.25) is 0 Å². The van der Waals surface area contributed by atoms with Crippen LogP contribution < -0.4 is 4.74 Å². The van der Waals surface area contributed by atoms with E-state index < -0.39 is 0 Å². The molecule has 5 nitrogen and oxygen atoms in total. The first-order valence-electron chi connectivity index (χ1n) is 6.77. The first-order chi connectivity index (χ1) is 9.54. The van der Waals surface area contributed by atoms with Crippen LogP contribution in [0, 0.1) is 13.8 Å². The molecule has 1 heterocycles. The molecule has 0 aliphatic heterocycles. The van der Waals surface area contributed by atoms with Gasteiger partial charge in [-0.05, 0) is 44.9 Å². The van der Waals surface area contributed by atoms with E-state index in [1.165, 1.54) is 5.56 Å². The monoisotopic (exact) mass is 275 g/mol. The second-order valence-electron chi connectivity index (χ2n) is 5.17. The van der Waals surface area contributed by atoms with Crippen LogP contribution >= 0.6 is 0 Å². The van der Waals surface area contributed by atoms with Gasteiger partial charge in [-0.25, -0.2) is 4.68 Å². The third-order valence-electron chi connectivity index (χ3n) is 3.43. The van der Waals surface area contributed by atoms with Crippen molar-refractivity contribution >= 4 is 0 Å². The lowest BCUT2D eigenvalue weighted by atomic mass is 10.1. The number of hydrogen-bond acceptors (Lipinski definition) is 4. The fourth-order valence-electron chi connectivity index (χ4n) is 2.06. The van der Waals surface area contributed by atoms with Crippen LogP contribution in [0.3, 0.4) is 0 Å². The van der Waals surface area contributed by atoms with E-state index in [-0.39, 0.29) is 12.6 Å². The van der Waals surface area contributed by atoms with Gasteiger partial charge in [-0.3, -0.25) is 0 Å². The van der Waals surface area contributed by atoms with Crippen molar-refractivity contribution in [3.05, 3.63) is 40.7 Å². The number of rotatable bonds is 5. The molecule has 1 N–H and O–H groups in total. The maximum Gasteiger partial charge on any atom is 0.132 e. The van der Waals surface area contributed by atoms with Gasteiger partial charge in [-0.1, -0.05) is 17.3 Å². The van der Waals surface area contributed by atoms with Gasteiger partial charge in [0, 0.05) is 6.04 Å². The topological polar surface area (TPSA) is 60.2 Å². The highest BCUT2D eigenvalue weighted by Crippen LogP contribution is 2.22. The van der Waals surface area contributed by atoms with Gasteiger partial charge in [0.2, 0.25) is 0 Å². The van der Waals surface area contributed by atoms with E-state index in [2.05, 4.69) is 23.3 Å². The Hall–Kier alpha value is -1.88. The molecule has 0 aliphatic rings. The van der Waals surface area contributed by atoms with Crippen LogP contribution in [0.1, 0.15) is 42.4 Å². The first kappa shape index (κ1) is 14.5. The zero-order chi connectivity index (χ0) is 14.7. The predicted molar refractivity (Wildman–Crippen MR) is 76.6 cm³/mol. The van der Waals surface area contributed by atoms with Crippen LogP contribution in [-0.2, 0) is 13.2 Å². The summed E-state index contributed by atoms with van der Waals surface area (Å²) in [6, 6.07) is 6.16. The molecule has 0 spiro atoms. The molecule has 5 heteroatoms. The molecule has 2 rings (SSSR count). The third kappa shape index (κ3) is 2.82. The molecule has 0 amide bonds. The van der Waals surface area contributed by atoms with Crippen molar-refractivity contribution in [1.29, 1.82) is 0 Å². The number of aliphatic hydroxyl groups is 1. The molecule has 0 radical (unpaired) electrons. The maximum absolute atomic E-state index is 9.34. The maximum atomic E-state index is 9.34. The smallest absolute Gasteiger partial charge is 0.132 e. The minimum Gasteiger partial charge on any atom is -0.487 e. The van der Waals surface area contributed by atoms with Crippen molar-refractivity contribution < 1.29 is 9.84 Å². The summed E-state index contributed by atoms with van der Waals surface area (Å²) < 4.78 is 7.67. The van der Waals surface area contributed by atoms with Gasteiger partial charge in [0.1, 0.15) is 23.7 Å². The Kier molecular flexibility index (Phi) is 4.39. The van der Waals surface area contributed by atoms with E-state index >= 15 is 0 Å². The highest BCUT2D eigenvalue weighted by Gasteiger charge is 2.15. The molecular formula is C15H21N3O2. The minimum atomic E-state index is -0.127. The summed E-state index contributed by atoms with van der Waals surface area (Å²) >= 11 is 0.